The minimum atomic E-state index is -0.857. The molecule has 3 aromatic heterocycles. The van der Waals surface area contributed by atoms with Crippen molar-refractivity contribution < 1.29 is 18.3 Å². The molecule has 3 aromatic rings. The number of ether oxygens (including phenoxy) is 1. The Balaban J connectivity index is 1.23. The molecule has 160 valence electrons. The summed E-state index contributed by atoms with van der Waals surface area (Å²) in [6.45, 7) is 1.19. The van der Waals surface area contributed by atoms with E-state index >= 15 is 0 Å². The molecule has 0 aliphatic carbocycles. The van der Waals surface area contributed by atoms with Crippen LogP contribution in [0, 0.1) is 11.6 Å². The second kappa shape index (κ2) is 6.71. The first kappa shape index (κ1) is 18.7. The van der Waals surface area contributed by atoms with Crippen LogP contribution in [0.25, 0.3) is 5.52 Å². The van der Waals surface area contributed by atoms with Crippen LogP contribution in [0.1, 0.15) is 37.3 Å². The third-order valence-corrected chi connectivity index (χ3v) is 6.80. The molecule has 7 nitrogen and oxygen atoms in total. The zero-order valence-electron chi connectivity index (χ0n) is 16.7. The number of pyridine rings is 2. The number of piperidine rings is 1. The smallest absolute Gasteiger partial charge is 0.257 e. The minimum absolute atomic E-state index is 0.0211. The number of carbonyl (C=O) groups excluding carboxylic acids is 1. The number of rotatable bonds is 2. The molecule has 3 aliphatic rings. The van der Waals surface area contributed by atoms with E-state index in [1.54, 1.807) is 21.7 Å². The van der Waals surface area contributed by atoms with Gasteiger partial charge >= 0.3 is 0 Å². The van der Waals surface area contributed by atoms with Crippen LogP contribution in [0.5, 0.6) is 0 Å². The van der Waals surface area contributed by atoms with Gasteiger partial charge in [-0.25, -0.2) is 13.3 Å². The molecule has 0 saturated carbocycles. The molecule has 0 aromatic carbocycles. The Morgan fingerprint density at radius 2 is 1.94 bits per heavy atom. The quantitative estimate of drug-likeness (QED) is 0.632. The van der Waals surface area contributed by atoms with Crippen LogP contribution in [-0.4, -0.2) is 50.3 Å². The van der Waals surface area contributed by atoms with Gasteiger partial charge in [0.25, 0.3) is 5.91 Å². The maximum atomic E-state index is 13.9. The van der Waals surface area contributed by atoms with Crippen LogP contribution in [0.3, 0.4) is 0 Å². The van der Waals surface area contributed by atoms with Crippen molar-refractivity contribution in [1.29, 1.82) is 0 Å². The maximum absolute atomic E-state index is 13.9. The van der Waals surface area contributed by atoms with E-state index < -0.39 is 11.4 Å². The molecule has 2 atom stereocenters. The summed E-state index contributed by atoms with van der Waals surface area (Å²) in [7, 11) is 0. The van der Waals surface area contributed by atoms with E-state index in [0.29, 0.717) is 37.0 Å². The minimum Gasteiger partial charge on any atom is -0.356 e. The van der Waals surface area contributed by atoms with Crippen molar-refractivity contribution in [1.82, 2.24) is 19.5 Å². The van der Waals surface area contributed by atoms with Crippen molar-refractivity contribution in [3.63, 3.8) is 0 Å². The highest BCUT2D eigenvalue weighted by molar-refractivity contribution is 5.88. The number of anilines is 1. The number of carbonyl (C=O) groups is 1. The fraction of sp³-hybridized carbons (Fsp3) is 0.409. The Bertz CT molecular complexity index is 1170. The Kier molecular flexibility index (Phi) is 4.05. The zero-order valence-corrected chi connectivity index (χ0v) is 16.7. The Morgan fingerprint density at radius 3 is 2.74 bits per heavy atom. The van der Waals surface area contributed by atoms with Crippen molar-refractivity contribution >= 4 is 17.2 Å². The molecule has 3 fully saturated rings. The zero-order chi connectivity index (χ0) is 21.2. The summed E-state index contributed by atoms with van der Waals surface area (Å²) in [6.07, 6.45) is 6.25. The van der Waals surface area contributed by atoms with Gasteiger partial charge in [-0.3, -0.25) is 9.78 Å². The summed E-state index contributed by atoms with van der Waals surface area (Å²) in [6, 6.07) is 6.64. The van der Waals surface area contributed by atoms with Crippen molar-refractivity contribution in [3.05, 3.63) is 60.1 Å². The number of aromatic nitrogens is 3. The summed E-state index contributed by atoms with van der Waals surface area (Å²) in [4.78, 5) is 21.3. The van der Waals surface area contributed by atoms with Crippen molar-refractivity contribution in [2.45, 2.75) is 43.6 Å². The van der Waals surface area contributed by atoms with Gasteiger partial charge in [0.05, 0.1) is 18.4 Å². The first-order valence-corrected chi connectivity index (χ1v) is 10.5. The van der Waals surface area contributed by atoms with Gasteiger partial charge < -0.3 is 14.5 Å². The Labute approximate surface area is 177 Å². The van der Waals surface area contributed by atoms with E-state index in [9.17, 15) is 13.6 Å². The summed E-state index contributed by atoms with van der Waals surface area (Å²) < 4.78 is 35.5. The second-order valence-electron chi connectivity index (χ2n) is 8.47. The van der Waals surface area contributed by atoms with Crippen LogP contribution >= 0.6 is 0 Å². The topological polar surface area (TPSA) is 63.0 Å². The highest BCUT2D eigenvalue weighted by Gasteiger charge is 2.58. The largest absolute Gasteiger partial charge is 0.356 e. The van der Waals surface area contributed by atoms with Crippen LogP contribution in [0.2, 0.25) is 0 Å². The van der Waals surface area contributed by atoms with Gasteiger partial charge in [0.2, 0.25) is 0 Å². The van der Waals surface area contributed by atoms with Crippen molar-refractivity contribution in [2.75, 3.05) is 18.0 Å². The fourth-order valence-corrected chi connectivity index (χ4v) is 5.29. The first-order chi connectivity index (χ1) is 15.1. The number of halogens is 2. The third kappa shape index (κ3) is 2.76. The van der Waals surface area contributed by atoms with E-state index in [1.165, 1.54) is 18.5 Å². The van der Waals surface area contributed by atoms with Gasteiger partial charge in [0.15, 0.2) is 11.4 Å². The Morgan fingerprint density at radius 1 is 1.10 bits per heavy atom. The third-order valence-electron chi connectivity index (χ3n) is 6.80. The average Bonchev–Trinajstić information content (AvgIpc) is 3.44. The molecule has 6 rings (SSSR count). The average molecular weight is 425 g/mol. The lowest BCUT2D eigenvalue weighted by Crippen LogP contribution is -2.50. The highest BCUT2D eigenvalue weighted by Crippen LogP contribution is 2.47. The van der Waals surface area contributed by atoms with Gasteiger partial charge in [0.1, 0.15) is 23.4 Å². The fourth-order valence-electron chi connectivity index (χ4n) is 5.29. The monoisotopic (exact) mass is 425 g/mol. The first-order valence-electron chi connectivity index (χ1n) is 10.5. The van der Waals surface area contributed by atoms with E-state index in [0.717, 1.165) is 18.7 Å². The number of hydrogen-bond donors (Lipinski definition) is 0. The van der Waals surface area contributed by atoms with Crippen LogP contribution < -0.4 is 4.90 Å². The van der Waals surface area contributed by atoms with Gasteiger partial charge in [-0.1, -0.05) is 6.07 Å². The molecule has 9 heteroatoms. The molecular formula is C22H21F2N5O2. The molecular weight excluding hydrogens is 404 g/mol. The second-order valence-corrected chi connectivity index (χ2v) is 8.47. The lowest BCUT2D eigenvalue weighted by atomic mass is 9.89. The summed E-state index contributed by atoms with van der Waals surface area (Å²) in [5, 5.41) is 4.15. The van der Waals surface area contributed by atoms with Gasteiger partial charge in [0, 0.05) is 32.1 Å². The number of hydrogen-bond acceptors (Lipinski definition) is 5. The van der Waals surface area contributed by atoms with E-state index in [4.69, 9.17) is 4.74 Å². The Hall–Kier alpha value is -3.07. The summed E-state index contributed by atoms with van der Waals surface area (Å²) in [5.74, 6) is 0.0158. The molecule has 31 heavy (non-hydrogen) atoms. The van der Waals surface area contributed by atoms with Gasteiger partial charge in [-0.05, 0) is 36.6 Å². The number of nitrogens with zero attached hydrogens (tertiary/aromatic N) is 5. The highest BCUT2D eigenvalue weighted by atomic mass is 19.1. The lowest BCUT2D eigenvalue weighted by Gasteiger charge is -2.38. The van der Waals surface area contributed by atoms with E-state index in [-0.39, 0.29) is 24.0 Å². The molecule has 0 N–H and O–H groups in total. The predicted octanol–water partition coefficient (Wildman–Crippen LogP) is 3.07. The molecule has 1 amide bonds. The molecule has 0 bridgehead atoms. The lowest BCUT2D eigenvalue weighted by molar-refractivity contribution is -0.140. The van der Waals surface area contributed by atoms with Crippen molar-refractivity contribution in [2.24, 2.45) is 0 Å². The van der Waals surface area contributed by atoms with Gasteiger partial charge in [-0.15, -0.1) is 0 Å². The number of amides is 1. The molecule has 6 heterocycles. The van der Waals surface area contributed by atoms with Crippen LogP contribution in [0.4, 0.5) is 14.6 Å². The molecule has 3 saturated heterocycles. The normalized spacial score (nSPS) is 25.0. The molecule has 3 aliphatic heterocycles. The van der Waals surface area contributed by atoms with Crippen LogP contribution in [-0.2, 0) is 9.53 Å². The maximum Gasteiger partial charge on any atom is 0.257 e. The SMILES string of the molecule is O=C1N2[C@@H](CC[C@H]2c2cncc(F)c2)OC12CCN(c1cccc3c(F)cnn13)CC2. The predicted molar refractivity (Wildman–Crippen MR) is 107 cm³/mol. The molecule has 0 radical (unpaired) electrons. The number of fused-ring (bicyclic) bond motifs is 2. The van der Waals surface area contributed by atoms with Crippen molar-refractivity contribution in [3.8, 4) is 0 Å². The van der Waals surface area contributed by atoms with E-state index in [1.807, 2.05) is 12.1 Å². The summed E-state index contributed by atoms with van der Waals surface area (Å²) >= 11 is 0. The van der Waals surface area contributed by atoms with Crippen LogP contribution in [0.15, 0.2) is 42.9 Å². The molecule has 1 spiro atoms. The van der Waals surface area contributed by atoms with E-state index in [2.05, 4.69) is 15.0 Å². The van der Waals surface area contributed by atoms with Gasteiger partial charge in [-0.2, -0.15) is 5.10 Å². The molecule has 0 unspecified atom stereocenters. The standard InChI is InChI=1S/C22H21F2N5O2/c23-15-10-14(11-25-12-15)17-4-5-20-28(17)21(30)22(31-20)6-8-27(9-7-22)19-3-1-2-18-16(24)13-26-29(18)19/h1-3,10-13,17,20H,4-9H2/t17-,20+/m0/s1. The summed E-state index contributed by atoms with van der Waals surface area (Å²) in [5.41, 5.74) is 0.281.